The fourth-order valence-electron chi connectivity index (χ4n) is 4.21. The Kier molecular flexibility index (Phi) is 5.16. The Labute approximate surface area is 159 Å². The Morgan fingerprint density at radius 2 is 2.00 bits per heavy atom. The van der Waals surface area contributed by atoms with Gasteiger partial charge in [0.05, 0.1) is 12.1 Å². The Hall–Kier alpha value is -2.34. The number of carbonyl (C=O) groups is 2. The highest BCUT2D eigenvalue weighted by molar-refractivity contribution is 5.91. The third kappa shape index (κ3) is 4.16. The molecule has 6 heteroatoms. The van der Waals surface area contributed by atoms with E-state index >= 15 is 0 Å². The molecule has 2 heterocycles. The highest BCUT2D eigenvalue weighted by Gasteiger charge is 2.34. The van der Waals surface area contributed by atoms with E-state index in [1.54, 1.807) is 0 Å². The summed E-state index contributed by atoms with van der Waals surface area (Å²) in [5.74, 6) is 1.79. The lowest BCUT2D eigenvalue weighted by Gasteiger charge is -2.45. The van der Waals surface area contributed by atoms with Gasteiger partial charge in [-0.3, -0.25) is 14.5 Å². The first kappa shape index (κ1) is 18.0. The maximum atomic E-state index is 12.4. The van der Waals surface area contributed by atoms with E-state index in [-0.39, 0.29) is 5.78 Å². The second kappa shape index (κ2) is 7.72. The van der Waals surface area contributed by atoms with Crippen LogP contribution in [0.3, 0.4) is 0 Å². The third-order valence-electron chi connectivity index (χ3n) is 5.77. The second-order valence-electron chi connectivity index (χ2n) is 7.93. The summed E-state index contributed by atoms with van der Waals surface area (Å²) in [5.41, 5.74) is 2.02. The average molecular weight is 366 g/mol. The number of nitrogens with zero attached hydrogens (tertiary/aromatic N) is 3. The fourth-order valence-corrected chi connectivity index (χ4v) is 4.21. The van der Waals surface area contributed by atoms with Crippen LogP contribution in [0.4, 0.5) is 5.82 Å². The van der Waals surface area contributed by atoms with E-state index < -0.39 is 0 Å². The van der Waals surface area contributed by atoms with Crippen LogP contribution < -0.4 is 5.32 Å². The first-order valence-electron chi connectivity index (χ1n) is 9.81. The lowest BCUT2D eigenvalue weighted by molar-refractivity contribution is -0.122. The first-order valence-corrected chi connectivity index (χ1v) is 9.81. The van der Waals surface area contributed by atoms with Gasteiger partial charge >= 0.3 is 0 Å². The minimum absolute atomic E-state index is 0.220. The zero-order valence-corrected chi connectivity index (χ0v) is 15.8. The number of carbonyl (C=O) groups excluding carboxylic acids is 2. The lowest BCUT2D eigenvalue weighted by Crippen LogP contribution is -2.53. The second-order valence-corrected chi connectivity index (χ2v) is 7.93. The van der Waals surface area contributed by atoms with Crippen molar-refractivity contribution in [2.24, 2.45) is 5.92 Å². The number of hydrogen-bond donors (Lipinski definition) is 1. The van der Waals surface area contributed by atoms with Crippen LogP contribution in [0.25, 0.3) is 10.9 Å². The van der Waals surface area contributed by atoms with Crippen molar-refractivity contribution in [2.45, 2.75) is 45.1 Å². The molecule has 1 aliphatic heterocycles. The largest absolute Gasteiger partial charge is 0.362 e. The molecule has 0 unspecified atom stereocenters. The Morgan fingerprint density at radius 3 is 2.78 bits per heavy atom. The van der Waals surface area contributed by atoms with Crippen LogP contribution in [0.15, 0.2) is 24.5 Å². The van der Waals surface area contributed by atoms with Crippen molar-refractivity contribution in [3.8, 4) is 0 Å². The molecule has 1 saturated carbocycles. The molecule has 27 heavy (non-hydrogen) atoms. The van der Waals surface area contributed by atoms with E-state index in [2.05, 4.69) is 20.2 Å². The minimum Gasteiger partial charge on any atom is -0.362 e. The van der Waals surface area contributed by atoms with Crippen LogP contribution in [0.5, 0.6) is 0 Å². The number of aromatic nitrogens is 2. The molecule has 1 aliphatic carbocycles. The van der Waals surface area contributed by atoms with E-state index in [0.29, 0.717) is 30.7 Å². The van der Waals surface area contributed by atoms with Crippen molar-refractivity contribution >= 4 is 28.3 Å². The van der Waals surface area contributed by atoms with Gasteiger partial charge in [-0.2, -0.15) is 0 Å². The number of aryl methyl sites for hydroxylation is 1. The third-order valence-corrected chi connectivity index (χ3v) is 5.77. The van der Waals surface area contributed by atoms with Crippen molar-refractivity contribution in [1.82, 2.24) is 14.9 Å². The molecule has 4 rings (SSSR count). The van der Waals surface area contributed by atoms with Gasteiger partial charge in [-0.15, -0.1) is 0 Å². The van der Waals surface area contributed by atoms with E-state index in [4.69, 9.17) is 0 Å². The quantitative estimate of drug-likeness (QED) is 0.847. The molecular weight excluding hydrogens is 340 g/mol. The summed E-state index contributed by atoms with van der Waals surface area (Å²) in [7, 11) is 0. The maximum absolute atomic E-state index is 12.4. The number of Topliss-reactive ketones (excluding diaryl/α,β-unsaturated/α-hetero) is 2. The van der Waals surface area contributed by atoms with Gasteiger partial charge in [-0.1, -0.05) is 11.6 Å². The van der Waals surface area contributed by atoms with Crippen molar-refractivity contribution in [2.75, 3.05) is 25.0 Å². The molecule has 1 aromatic carbocycles. The van der Waals surface area contributed by atoms with Crippen molar-refractivity contribution < 1.29 is 9.59 Å². The summed E-state index contributed by atoms with van der Waals surface area (Å²) in [5, 5.41) is 4.15. The Balaban J connectivity index is 1.25. The van der Waals surface area contributed by atoms with Gasteiger partial charge in [0.25, 0.3) is 0 Å². The van der Waals surface area contributed by atoms with Crippen LogP contribution in [0.2, 0.25) is 0 Å². The van der Waals surface area contributed by atoms with Crippen LogP contribution in [0, 0.1) is 12.8 Å². The topological polar surface area (TPSA) is 75.2 Å². The molecule has 2 aromatic rings. The number of benzene rings is 1. The zero-order valence-electron chi connectivity index (χ0n) is 15.8. The summed E-state index contributed by atoms with van der Waals surface area (Å²) < 4.78 is 0. The van der Waals surface area contributed by atoms with Gasteiger partial charge in [0, 0.05) is 43.8 Å². The number of anilines is 1. The van der Waals surface area contributed by atoms with E-state index in [1.165, 1.54) is 6.33 Å². The molecule has 142 valence electrons. The molecule has 1 N–H and O–H groups in total. The highest BCUT2D eigenvalue weighted by atomic mass is 16.1. The van der Waals surface area contributed by atoms with Crippen LogP contribution in [0.1, 0.15) is 37.7 Å². The van der Waals surface area contributed by atoms with Crippen LogP contribution in [-0.4, -0.2) is 52.1 Å². The van der Waals surface area contributed by atoms with Gasteiger partial charge in [0.1, 0.15) is 17.9 Å². The summed E-state index contributed by atoms with van der Waals surface area (Å²) in [4.78, 5) is 34.8. The number of hydrogen-bond acceptors (Lipinski definition) is 6. The molecule has 0 atom stereocenters. The number of nitrogens with one attached hydrogen (secondary N) is 1. The standard InChI is InChI=1S/C21H26N4O2/c1-14-2-7-20-19(8-14)21(24-13-23-20)22-10-18(27)9-15-11-25(12-15)16-3-5-17(26)6-4-16/h2,7-8,13,15-16H,3-6,9-12H2,1H3,(H,22,23,24). The maximum Gasteiger partial charge on any atom is 0.152 e. The van der Waals surface area contributed by atoms with Crippen LogP contribution >= 0.6 is 0 Å². The van der Waals surface area contributed by atoms with Gasteiger partial charge < -0.3 is 5.32 Å². The number of likely N-dealkylation sites (tertiary alicyclic amines) is 1. The van der Waals surface area contributed by atoms with Crippen molar-refractivity contribution in [1.29, 1.82) is 0 Å². The highest BCUT2D eigenvalue weighted by Crippen LogP contribution is 2.29. The van der Waals surface area contributed by atoms with E-state index in [9.17, 15) is 9.59 Å². The molecule has 0 bridgehead atoms. The number of ketones is 2. The fraction of sp³-hybridized carbons (Fsp3) is 0.524. The smallest absolute Gasteiger partial charge is 0.152 e. The molecule has 1 saturated heterocycles. The summed E-state index contributed by atoms with van der Waals surface area (Å²) >= 11 is 0. The summed E-state index contributed by atoms with van der Waals surface area (Å²) in [6.07, 6.45) is 5.56. The van der Waals surface area contributed by atoms with Gasteiger partial charge in [0.2, 0.25) is 0 Å². The average Bonchev–Trinajstić information content (AvgIpc) is 2.63. The number of rotatable bonds is 6. The molecule has 1 aromatic heterocycles. The predicted molar refractivity (Wildman–Crippen MR) is 105 cm³/mol. The van der Waals surface area contributed by atoms with Crippen molar-refractivity contribution in [3.63, 3.8) is 0 Å². The molecular formula is C21H26N4O2. The van der Waals surface area contributed by atoms with Crippen LogP contribution in [-0.2, 0) is 9.59 Å². The molecule has 6 nitrogen and oxygen atoms in total. The monoisotopic (exact) mass is 366 g/mol. The summed E-state index contributed by atoms with van der Waals surface area (Å²) in [6.45, 7) is 4.31. The van der Waals surface area contributed by atoms with Crippen molar-refractivity contribution in [3.05, 3.63) is 30.1 Å². The Morgan fingerprint density at radius 1 is 1.22 bits per heavy atom. The molecule has 0 radical (unpaired) electrons. The Bertz CT molecular complexity index is 850. The normalized spacial score (nSPS) is 19.2. The molecule has 0 amide bonds. The summed E-state index contributed by atoms with van der Waals surface area (Å²) in [6, 6.07) is 6.58. The first-order chi connectivity index (χ1) is 13.1. The number of fused-ring (bicyclic) bond motifs is 1. The molecule has 0 spiro atoms. The van der Waals surface area contributed by atoms with Gasteiger partial charge in [0.15, 0.2) is 5.78 Å². The van der Waals surface area contributed by atoms with Gasteiger partial charge in [-0.05, 0) is 37.8 Å². The van der Waals surface area contributed by atoms with E-state index in [1.807, 2.05) is 25.1 Å². The van der Waals surface area contributed by atoms with E-state index in [0.717, 1.165) is 61.1 Å². The lowest BCUT2D eigenvalue weighted by atomic mass is 9.86. The molecule has 2 fully saturated rings. The van der Waals surface area contributed by atoms with Gasteiger partial charge in [-0.25, -0.2) is 9.97 Å². The SMILES string of the molecule is Cc1ccc2ncnc(NCC(=O)CC3CN(C4CCC(=O)CC4)C3)c2c1. The minimum atomic E-state index is 0.220. The molecule has 2 aliphatic rings. The predicted octanol–water partition coefficient (Wildman–Crippen LogP) is 2.75. The zero-order chi connectivity index (χ0) is 18.8.